The third kappa shape index (κ3) is 5.18. The van der Waals surface area contributed by atoms with E-state index in [9.17, 15) is 9.90 Å². The Morgan fingerprint density at radius 1 is 1.27 bits per heavy atom. The molecule has 0 radical (unpaired) electrons. The van der Waals surface area contributed by atoms with Crippen molar-refractivity contribution in [2.24, 2.45) is 0 Å². The van der Waals surface area contributed by atoms with Crippen molar-refractivity contribution in [2.45, 2.75) is 31.8 Å². The maximum atomic E-state index is 10.3. The largest absolute Gasteiger partial charge is 0.481 e. The number of hydrogen-bond acceptors (Lipinski definition) is 2. The fraction of sp³-hybridized carbons (Fsp3) is 0.417. The van der Waals surface area contributed by atoms with E-state index in [2.05, 4.69) is 0 Å². The normalized spacial score (nSPS) is 12.3. The Kier molecular flexibility index (Phi) is 4.84. The number of aliphatic hydroxyl groups is 1. The van der Waals surface area contributed by atoms with Crippen molar-refractivity contribution in [3.63, 3.8) is 0 Å². The molecule has 2 N–H and O–H groups in total. The number of benzene rings is 1. The van der Waals surface area contributed by atoms with Crippen LogP contribution >= 0.6 is 0 Å². The molecule has 0 unspecified atom stereocenters. The zero-order valence-electron chi connectivity index (χ0n) is 8.60. The van der Waals surface area contributed by atoms with Crippen LogP contribution in [-0.4, -0.2) is 22.3 Å². The van der Waals surface area contributed by atoms with Crippen molar-refractivity contribution in [1.82, 2.24) is 0 Å². The lowest BCUT2D eigenvalue weighted by molar-refractivity contribution is -0.139. The first-order chi connectivity index (χ1) is 7.18. The van der Waals surface area contributed by atoms with Crippen molar-refractivity contribution in [3.8, 4) is 0 Å². The molecule has 0 saturated carbocycles. The third-order valence-electron chi connectivity index (χ3n) is 2.26. The fourth-order valence-corrected chi connectivity index (χ4v) is 1.49. The van der Waals surface area contributed by atoms with Gasteiger partial charge in [-0.05, 0) is 24.8 Å². The van der Waals surface area contributed by atoms with Crippen molar-refractivity contribution < 1.29 is 15.0 Å². The van der Waals surface area contributed by atoms with Crippen molar-refractivity contribution in [2.75, 3.05) is 0 Å². The molecule has 0 aliphatic rings. The van der Waals surface area contributed by atoms with Gasteiger partial charge in [0.05, 0.1) is 12.5 Å². The summed E-state index contributed by atoms with van der Waals surface area (Å²) in [7, 11) is 0. The Balaban J connectivity index is 2.19. The van der Waals surface area contributed by atoms with Crippen LogP contribution in [0.1, 0.15) is 24.8 Å². The zero-order valence-corrected chi connectivity index (χ0v) is 8.60. The molecule has 0 heterocycles. The second kappa shape index (κ2) is 6.19. The Morgan fingerprint density at radius 2 is 1.93 bits per heavy atom. The summed E-state index contributed by atoms with van der Waals surface area (Å²) in [5, 5.41) is 17.8. The third-order valence-corrected chi connectivity index (χ3v) is 2.26. The molecule has 0 aliphatic carbocycles. The minimum Gasteiger partial charge on any atom is -0.481 e. The molecule has 0 aromatic heterocycles. The van der Waals surface area contributed by atoms with Crippen LogP contribution in [0.4, 0.5) is 0 Å². The monoisotopic (exact) mass is 208 g/mol. The summed E-state index contributed by atoms with van der Waals surface area (Å²) in [5.74, 6) is -0.942. The maximum absolute atomic E-state index is 10.3. The van der Waals surface area contributed by atoms with Crippen LogP contribution in [0.25, 0.3) is 0 Å². The Hall–Kier alpha value is -1.35. The highest BCUT2D eigenvalue weighted by Crippen LogP contribution is 2.08. The molecular weight excluding hydrogens is 192 g/mol. The van der Waals surface area contributed by atoms with Crippen LogP contribution in [0.3, 0.4) is 0 Å². The number of aryl methyl sites for hydroxylation is 1. The number of aliphatic hydroxyl groups excluding tert-OH is 1. The minimum absolute atomic E-state index is 0.158. The molecule has 0 bridgehead atoms. The molecular formula is C12H16O3. The average molecular weight is 208 g/mol. The predicted molar refractivity (Wildman–Crippen MR) is 57.6 cm³/mol. The van der Waals surface area contributed by atoms with Crippen molar-refractivity contribution in [3.05, 3.63) is 35.9 Å². The van der Waals surface area contributed by atoms with Gasteiger partial charge < -0.3 is 10.2 Å². The molecule has 82 valence electrons. The Labute approximate surface area is 89.4 Å². The van der Waals surface area contributed by atoms with Gasteiger partial charge in [-0.15, -0.1) is 0 Å². The highest BCUT2D eigenvalue weighted by Gasteiger charge is 2.08. The molecule has 15 heavy (non-hydrogen) atoms. The molecule has 0 amide bonds. The first-order valence-corrected chi connectivity index (χ1v) is 5.12. The summed E-state index contributed by atoms with van der Waals surface area (Å²) in [4.78, 5) is 10.3. The topological polar surface area (TPSA) is 57.5 Å². The highest BCUT2D eigenvalue weighted by molar-refractivity contribution is 5.67. The molecule has 0 spiro atoms. The quantitative estimate of drug-likeness (QED) is 0.750. The molecule has 0 fully saturated rings. The van der Waals surface area contributed by atoms with Crippen LogP contribution in [0.2, 0.25) is 0 Å². The number of aliphatic carboxylic acids is 1. The SMILES string of the molecule is O=C(O)C[C@H](O)CCCc1ccccc1. The van der Waals surface area contributed by atoms with E-state index < -0.39 is 12.1 Å². The van der Waals surface area contributed by atoms with Crippen molar-refractivity contribution >= 4 is 5.97 Å². The molecule has 3 nitrogen and oxygen atoms in total. The highest BCUT2D eigenvalue weighted by atomic mass is 16.4. The number of rotatable bonds is 6. The summed E-state index contributed by atoms with van der Waals surface area (Å²) < 4.78 is 0. The van der Waals surface area contributed by atoms with E-state index in [1.807, 2.05) is 30.3 Å². The number of carboxylic acids is 1. The summed E-state index contributed by atoms with van der Waals surface area (Å²) in [6, 6.07) is 9.97. The van der Waals surface area contributed by atoms with Gasteiger partial charge in [0.2, 0.25) is 0 Å². The van der Waals surface area contributed by atoms with E-state index in [-0.39, 0.29) is 6.42 Å². The molecule has 0 saturated heterocycles. The number of carbonyl (C=O) groups is 1. The lowest BCUT2D eigenvalue weighted by Crippen LogP contribution is -2.12. The van der Waals surface area contributed by atoms with Crippen LogP contribution in [-0.2, 0) is 11.2 Å². The lowest BCUT2D eigenvalue weighted by Gasteiger charge is -2.07. The second-order valence-electron chi connectivity index (χ2n) is 3.63. The summed E-state index contributed by atoms with van der Waals surface area (Å²) >= 11 is 0. The molecule has 1 rings (SSSR count). The molecule has 1 atom stereocenters. The van der Waals surface area contributed by atoms with Gasteiger partial charge in [0, 0.05) is 0 Å². The van der Waals surface area contributed by atoms with E-state index in [0.29, 0.717) is 6.42 Å². The van der Waals surface area contributed by atoms with Crippen LogP contribution in [0.15, 0.2) is 30.3 Å². The van der Waals surface area contributed by atoms with Gasteiger partial charge >= 0.3 is 5.97 Å². The van der Waals surface area contributed by atoms with Crippen LogP contribution in [0.5, 0.6) is 0 Å². The van der Waals surface area contributed by atoms with Gasteiger partial charge in [0.25, 0.3) is 0 Å². The Bertz CT molecular complexity index is 295. The average Bonchev–Trinajstić information content (AvgIpc) is 2.18. The molecule has 0 aliphatic heterocycles. The molecule has 1 aromatic rings. The van der Waals surface area contributed by atoms with Gasteiger partial charge in [-0.1, -0.05) is 30.3 Å². The maximum Gasteiger partial charge on any atom is 0.305 e. The predicted octanol–water partition coefficient (Wildman–Crippen LogP) is 1.84. The van der Waals surface area contributed by atoms with E-state index >= 15 is 0 Å². The van der Waals surface area contributed by atoms with Crippen molar-refractivity contribution in [1.29, 1.82) is 0 Å². The first-order valence-electron chi connectivity index (χ1n) is 5.12. The van der Waals surface area contributed by atoms with Gasteiger partial charge in [-0.25, -0.2) is 0 Å². The van der Waals surface area contributed by atoms with Gasteiger partial charge in [-0.2, -0.15) is 0 Å². The fourth-order valence-electron chi connectivity index (χ4n) is 1.49. The summed E-state index contributed by atoms with van der Waals surface area (Å²) in [6.45, 7) is 0. The van der Waals surface area contributed by atoms with Gasteiger partial charge in [-0.3, -0.25) is 4.79 Å². The standard InChI is InChI=1S/C12H16O3/c13-11(9-12(14)15)8-4-7-10-5-2-1-3-6-10/h1-3,5-6,11,13H,4,7-9H2,(H,14,15)/t11-/m1/s1. The Morgan fingerprint density at radius 3 is 2.53 bits per heavy atom. The summed E-state index contributed by atoms with van der Waals surface area (Å²) in [5.41, 5.74) is 1.22. The van der Waals surface area contributed by atoms with Crippen LogP contribution < -0.4 is 0 Å². The van der Waals surface area contributed by atoms with E-state index in [0.717, 1.165) is 12.8 Å². The first kappa shape index (κ1) is 11.7. The van der Waals surface area contributed by atoms with E-state index in [1.54, 1.807) is 0 Å². The minimum atomic E-state index is -0.942. The lowest BCUT2D eigenvalue weighted by atomic mass is 10.0. The smallest absolute Gasteiger partial charge is 0.305 e. The number of carboxylic acid groups (broad SMARTS) is 1. The molecule has 1 aromatic carbocycles. The second-order valence-corrected chi connectivity index (χ2v) is 3.63. The number of hydrogen-bond donors (Lipinski definition) is 2. The summed E-state index contributed by atoms with van der Waals surface area (Å²) in [6.07, 6.45) is 1.37. The van der Waals surface area contributed by atoms with E-state index in [1.165, 1.54) is 5.56 Å². The van der Waals surface area contributed by atoms with E-state index in [4.69, 9.17) is 5.11 Å². The van der Waals surface area contributed by atoms with Crippen LogP contribution in [0, 0.1) is 0 Å². The molecule has 3 heteroatoms. The van der Waals surface area contributed by atoms with Gasteiger partial charge in [0.15, 0.2) is 0 Å². The zero-order chi connectivity index (χ0) is 11.1. The van der Waals surface area contributed by atoms with Gasteiger partial charge in [0.1, 0.15) is 0 Å².